The minimum atomic E-state index is 0.548. The molecule has 1 fully saturated rings. The third kappa shape index (κ3) is 3.81. The summed E-state index contributed by atoms with van der Waals surface area (Å²) in [4.78, 5) is 4.43. The van der Waals surface area contributed by atoms with E-state index in [-0.39, 0.29) is 0 Å². The van der Waals surface area contributed by atoms with E-state index in [1.54, 1.807) is 6.33 Å². The van der Waals surface area contributed by atoms with Gasteiger partial charge in [-0.15, -0.1) is 0 Å². The monoisotopic (exact) mass is 278 g/mol. The molecule has 1 heterocycles. The first-order chi connectivity index (χ1) is 9.78. The fourth-order valence-electron chi connectivity index (χ4n) is 3.70. The number of nitrogens with one attached hydrogen (secondary N) is 1. The summed E-state index contributed by atoms with van der Waals surface area (Å²) in [6, 6.07) is 0.548. The fraction of sp³-hybridized carbons (Fsp3) is 0.875. The highest BCUT2D eigenvalue weighted by Gasteiger charge is 2.27. The molecular formula is C16H30N4. The van der Waals surface area contributed by atoms with Crippen molar-refractivity contribution in [2.45, 2.75) is 71.4 Å². The van der Waals surface area contributed by atoms with E-state index < -0.39 is 0 Å². The molecule has 4 heteroatoms. The summed E-state index contributed by atoms with van der Waals surface area (Å²) in [5.74, 6) is 2.91. The van der Waals surface area contributed by atoms with Gasteiger partial charge in [0, 0.05) is 19.0 Å². The highest BCUT2D eigenvalue weighted by Crippen LogP contribution is 2.33. The van der Waals surface area contributed by atoms with Gasteiger partial charge in [-0.25, -0.2) is 4.98 Å². The van der Waals surface area contributed by atoms with Gasteiger partial charge in [-0.05, 0) is 38.6 Å². The van der Waals surface area contributed by atoms with Crippen LogP contribution in [-0.4, -0.2) is 27.9 Å². The van der Waals surface area contributed by atoms with Crippen LogP contribution in [0, 0.1) is 11.8 Å². The minimum Gasteiger partial charge on any atom is -0.316 e. The number of hydrogen-bond donors (Lipinski definition) is 1. The van der Waals surface area contributed by atoms with E-state index in [1.807, 2.05) is 4.68 Å². The maximum absolute atomic E-state index is 4.43. The topological polar surface area (TPSA) is 42.7 Å². The SMILES string of the molecule is CCCC1CCC(C(Cc2ncnn2CC)NC)CC1. The summed E-state index contributed by atoms with van der Waals surface area (Å²) in [6.45, 7) is 5.34. The Bertz CT molecular complexity index is 380. The summed E-state index contributed by atoms with van der Waals surface area (Å²) >= 11 is 0. The van der Waals surface area contributed by atoms with Gasteiger partial charge in [0.15, 0.2) is 0 Å². The summed E-state index contributed by atoms with van der Waals surface area (Å²) in [7, 11) is 2.09. The lowest BCUT2D eigenvalue weighted by molar-refractivity contribution is 0.215. The van der Waals surface area contributed by atoms with Crippen molar-refractivity contribution in [3.8, 4) is 0 Å². The van der Waals surface area contributed by atoms with Crippen molar-refractivity contribution in [1.29, 1.82) is 0 Å². The van der Waals surface area contributed by atoms with E-state index in [1.165, 1.54) is 38.5 Å². The average Bonchev–Trinajstić information content (AvgIpc) is 2.93. The molecular weight excluding hydrogens is 248 g/mol. The zero-order valence-electron chi connectivity index (χ0n) is 13.3. The van der Waals surface area contributed by atoms with Crippen molar-refractivity contribution in [1.82, 2.24) is 20.1 Å². The molecule has 0 radical (unpaired) electrons. The molecule has 1 N–H and O–H groups in total. The molecule has 0 spiro atoms. The molecule has 1 saturated carbocycles. The number of rotatable bonds is 7. The highest BCUT2D eigenvalue weighted by atomic mass is 15.3. The van der Waals surface area contributed by atoms with Crippen LogP contribution in [0.2, 0.25) is 0 Å². The molecule has 0 amide bonds. The van der Waals surface area contributed by atoms with Crippen molar-refractivity contribution in [3.05, 3.63) is 12.2 Å². The van der Waals surface area contributed by atoms with Gasteiger partial charge in [-0.3, -0.25) is 4.68 Å². The van der Waals surface area contributed by atoms with Gasteiger partial charge < -0.3 is 5.32 Å². The van der Waals surface area contributed by atoms with Crippen molar-refractivity contribution in [3.63, 3.8) is 0 Å². The van der Waals surface area contributed by atoms with Crippen LogP contribution in [0.25, 0.3) is 0 Å². The molecule has 1 unspecified atom stereocenters. The Balaban J connectivity index is 1.89. The molecule has 1 atom stereocenters. The third-order valence-corrected chi connectivity index (χ3v) is 4.93. The predicted molar refractivity (Wildman–Crippen MR) is 82.6 cm³/mol. The predicted octanol–water partition coefficient (Wildman–Crippen LogP) is 3.04. The lowest BCUT2D eigenvalue weighted by atomic mass is 9.76. The molecule has 20 heavy (non-hydrogen) atoms. The van der Waals surface area contributed by atoms with Crippen molar-refractivity contribution >= 4 is 0 Å². The van der Waals surface area contributed by atoms with E-state index in [0.29, 0.717) is 6.04 Å². The Morgan fingerprint density at radius 2 is 2.05 bits per heavy atom. The maximum atomic E-state index is 4.43. The molecule has 0 saturated heterocycles. The van der Waals surface area contributed by atoms with Crippen molar-refractivity contribution in [2.24, 2.45) is 11.8 Å². The molecule has 0 aromatic carbocycles. The number of likely N-dealkylation sites (N-methyl/N-ethyl adjacent to an activating group) is 1. The van der Waals surface area contributed by atoms with Gasteiger partial charge in [0.2, 0.25) is 0 Å². The van der Waals surface area contributed by atoms with Crippen LogP contribution in [0.1, 0.15) is 58.2 Å². The van der Waals surface area contributed by atoms with Crippen LogP contribution < -0.4 is 5.32 Å². The van der Waals surface area contributed by atoms with Crippen LogP contribution in [0.5, 0.6) is 0 Å². The minimum absolute atomic E-state index is 0.548. The molecule has 1 aliphatic carbocycles. The highest BCUT2D eigenvalue weighted by molar-refractivity contribution is 4.93. The van der Waals surface area contributed by atoms with Gasteiger partial charge in [-0.2, -0.15) is 5.10 Å². The second-order valence-electron chi connectivity index (χ2n) is 6.16. The van der Waals surface area contributed by atoms with E-state index in [4.69, 9.17) is 0 Å². The standard InChI is InChI=1S/C16H30N4/c1-4-6-13-7-9-14(10-8-13)15(17-3)11-16-18-12-19-20(16)5-2/h12-15,17H,4-11H2,1-3H3. The second kappa shape index (κ2) is 7.77. The number of nitrogens with zero attached hydrogens (tertiary/aromatic N) is 3. The van der Waals surface area contributed by atoms with E-state index >= 15 is 0 Å². The quantitative estimate of drug-likeness (QED) is 0.833. The molecule has 114 valence electrons. The molecule has 4 nitrogen and oxygen atoms in total. The summed E-state index contributed by atoms with van der Waals surface area (Å²) in [6.07, 6.45) is 11.0. The number of hydrogen-bond acceptors (Lipinski definition) is 3. The Labute approximate surface area is 123 Å². The van der Waals surface area contributed by atoms with E-state index in [2.05, 4.69) is 36.3 Å². The maximum Gasteiger partial charge on any atom is 0.138 e. The van der Waals surface area contributed by atoms with Crippen molar-refractivity contribution < 1.29 is 0 Å². The molecule has 1 aromatic rings. The van der Waals surface area contributed by atoms with E-state index in [9.17, 15) is 0 Å². The molecule has 1 aliphatic rings. The average molecular weight is 278 g/mol. The van der Waals surface area contributed by atoms with Gasteiger partial charge in [-0.1, -0.05) is 32.6 Å². The molecule has 1 aromatic heterocycles. The van der Waals surface area contributed by atoms with Crippen LogP contribution in [0.4, 0.5) is 0 Å². The Morgan fingerprint density at radius 3 is 2.65 bits per heavy atom. The van der Waals surface area contributed by atoms with Crippen LogP contribution >= 0.6 is 0 Å². The number of aryl methyl sites for hydroxylation is 1. The van der Waals surface area contributed by atoms with Gasteiger partial charge in [0.05, 0.1) is 0 Å². The Hall–Kier alpha value is -0.900. The smallest absolute Gasteiger partial charge is 0.138 e. The number of aromatic nitrogens is 3. The Kier molecular flexibility index (Phi) is 6.02. The Morgan fingerprint density at radius 1 is 1.30 bits per heavy atom. The molecule has 0 bridgehead atoms. The molecule has 0 aliphatic heterocycles. The van der Waals surface area contributed by atoms with E-state index in [0.717, 1.165) is 30.6 Å². The summed E-state index contributed by atoms with van der Waals surface area (Å²) in [5, 5.41) is 7.81. The third-order valence-electron chi connectivity index (χ3n) is 4.93. The normalized spacial score (nSPS) is 24.8. The fourth-order valence-corrected chi connectivity index (χ4v) is 3.70. The lowest BCUT2D eigenvalue weighted by Crippen LogP contribution is -2.38. The zero-order valence-corrected chi connectivity index (χ0v) is 13.3. The van der Waals surface area contributed by atoms with Gasteiger partial charge >= 0.3 is 0 Å². The summed E-state index contributed by atoms with van der Waals surface area (Å²) in [5.41, 5.74) is 0. The van der Waals surface area contributed by atoms with Crippen LogP contribution in [0.15, 0.2) is 6.33 Å². The van der Waals surface area contributed by atoms with Crippen LogP contribution in [0.3, 0.4) is 0 Å². The van der Waals surface area contributed by atoms with Crippen molar-refractivity contribution in [2.75, 3.05) is 7.05 Å². The first kappa shape index (κ1) is 15.5. The first-order valence-electron chi connectivity index (χ1n) is 8.32. The molecule has 2 rings (SSSR count). The lowest BCUT2D eigenvalue weighted by Gasteiger charge is -2.33. The van der Waals surface area contributed by atoms with Gasteiger partial charge in [0.1, 0.15) is 12.2 Å². The van der Waals surface area contributed by atoms with Gasteiger partial charge in [0.25, 0.3) is 0 Å². The summed E-state index contributed by atoms with van der Waals surface area (Å²) < 4.78 is 2.02. The largest absolute Gasteiger partial charge is 0.316 e. The van der Waals surface area contributed by atoms with Crippen LogP contribution in [-0.2, 0) is 13.0 Å². The first-order valence-corrected chi connectivity index (χ1v) is 8.32. The zero-order chi connectivity index (χ0) is 14.4. The second-order valence-corrected chi connectivity index (χ2v) is 6.16.